The molecule has 0 aromatic heterocycles. The lowest BCUT2D eigenvalue weighted by atomic mass is 10.1. The predicted molar refractivity (Wildman–Crippen MR) is 78.8 cm³/mol. The molecule has 20 heavy (non-hydrogen) atoms. The van der Waals surface area contributed by atoms with Gasteiger partial charge in [-0.05, 0) is 18.4 Å². The van der Waals surface area contributed by atoms with Gasteiger partial charge in [-0.2, -0.15) is 0 Å². The van der Waals surface area contributed by atoms with Crippen molar-refractivity contribution < 1.29 is 13.5 Å². The molecular formula is C14H18N2O3S. The minimum Gasteiger partial charge on any atom is -0.392 e. The van der Waals surface area contributed by atoms with E-state index in [1.54, 1.807) is 24.3 Å². The van der Waals surface area contributed by atoms with Crippen molar-refractivity contribution in [3.63, 3.8) is 0 Å². The summed E-state index contributed by atoms with van der Waals surface area (Å²) in [6.45, 7) is 1.51. The summed E-state index contributed by atoms with van der Waals surface area (Å²) in [5, 5.41) is 10.8. The maximum atomic E-state index is 12.3. The van der Waals surface area contributed by atoms with Gasteiger partial charge < -0.3 is 10.8 Å². The molecule has 5 nitrogen and oxygen atoms in total. The van der Waals surface area contributed by atoms with Crippen LogP contribution in [-0.4, -0.2) is 32.2 Å². The molecule has 0 bridgehead atoms. The van der Waals surface area contributed by atoms with Crippen LogP contribution in [0.4, 0.5) is 0 Å². The van der Waals surface area contributed by atoms with Crippen LogP contribution < -0.4 is 10.5 Å². The number of hydrogen-bond donors (Lipinski definition) is 3. The lowest BCUT2D eigenvalue weighted by Crippen LogP contribution is -2.43. The van der Waals surface area contributed by atoms with Crippen molar-refractivity contribution in [2.45, 2.75) is 24.0 Å². The van der Waals surface area contributed by atoms with E-state index in [1.165, 1.54) is 6.92 Å². The maximum Gasteiger partial charge on any atom is 0.241 e. The van der Waals surface area contributed by atoms with E-state index < -0.39 is 22.2 Å². The Balaban J connectivity index is 2.33. The highest BCUT2D eigenvalue weighted by Gasteiger charge is 2.19. The maximum absolute atomic E-state index is 12.3. The van der Waals surface area contributed by atoms with Crippen LogP contribution in [0.3, 0.4) is 0 Å². The van der Waals surface area contributed by atoms with Gasteiger partial charge in [-0.25, -0.2) is 13.1 Å². The van der Waals surface area contributed by atoms with Gasteiger partial charge in [-0.1, -0.05) is 36.4 Å². The first-order valence-electron chi connectivity index (χ1n) is 6.33. The number of nitrogens with two attached hydrogens (primary N) is 1. The molecule has 2 rings (SSSR count). The molecular weight excluding hydrogens is 276 g/mol. The Labute approximate surface area is 118 Å². The number of aliphatic hydroxyl groups excluding tert-OH is 1. The molecule has 2 aromatic carbocycles. The van der Waals surface area contributed by atoms with Crippen molar-refractivity contribution in [3.8, 4) is 0 Å². The van der Waals surface area contributed by atoms with Crippen LogP contribution in [-0.2, 0) is 10.0 Å². The lowest BCUT2D eigenvalue weighted by Gasteiger charge is -2.16. The zero-order chi connectivity index (χ0) is 14.8. The van der Waals surface area contributed by atoms with E-state index in [4.69, 9.17) is 5.73 Å². The molecule has 0 amide bonds. The normalized spacial score (nSPS) is 15.2. The van der Waals surface area contributed by atoms with Gasteiger partial charge in [0.1, 0.15) is 0 Å². The SMILES string of the molecule is CC(O)C(N)CNS(=O)(=O)c1cccc2ccccc12. The van der Waals surface area contributed by atoms with Crippen molar-refractivity contribution in [1.29, 1.82) is 0 Å². The van der Waals surface area contributed by atoms with Gasteiger partial charge in [0.05, 0.1) is 11.0 Å². The molecule has 0 saturated carbocycles. The Morgan fingerprint density at radius 2 is 1.85 bits per heavy atom. The predicted octanol–water partition coefficient (Wildman–Crippen LogP) is 0.826. The molecule has 2 atom stereocenters. The third-order valence-corrected chi connectivity index (χ3v) is 4.65. The lowest BCUT2D eigenvalue weighted by molar-refractivity contribution is 0.164. The summed E-state index contributed by atoms with van der Waals surface area (Å²) in [4.78, 5) is 0.216. The zero-order valence-corrected chi connectivity index (χ0v) is 12.0. The number of rotatable bonds is 5. The van der Waals surface area contributed by atoms with E-state index in [1.807, 2.05) is 18.2 Å². The molecule has 0 saturated heterocycles. The van der Waals surface area contributed by atoms with Crippen molar-refractivity contribution in [1.82, 2.24) is 4.72 Å². The van der Waals surface area contributed by atoms with Gasteiger partial charge in [-0.15, -0.1) is 0 Å². The summed E-state index contributed by atoms with van der Waals surface area (Å²) in [6.07, 6.45) is -0.773. The largest absolute Gasteiger partial charge is 0.392 e. The Bertz CT molecular complexity index is 693. The van der Waals surface area contributed by atoms with Crippen LogP contribution >= 0.6 is 0 Å². The van der Waals surface area contributed by atoms with E-state index in [9.17, 15) is 13.5 Å². The van der Waals surface area contributed by atoms with Gasteiger partial charge >= 0.3 is 0 Å². The smallest absolute Gasteiger partial charge is 0.241 e. The molecule has 2 unspecified atom stereocenters. The first kappa shape index (κ1) is 14.9. The van der Waals surface area contributed by atoms with Gasteiger partial charge in [0.2, 0.25) is 10.0 Å². The quantitative estimate of drug-likeness (QED) is 0.761. The highest BCUT2D eigenvalue weighted by atomic mass is 32.2. The second-order valence-electron chi connectivity index (χ2n) is 4.73. The van der Waals surface area contributed by atoms with Crippen LogP contribution in [0.15, 0.2) is 47.4 Å². The molecule has 108 valence electrons. The van der Waals surface area contributed by atoms with Crippen LogP contribution in [0.25, 0.3) is 10.8 Å². The number of aliphatic hydroxyl groups is 1. The Morgan fingerprint density at radius 1 is 1.20 bits per heavy atom. The summed E-state index contributed by atoms with van der Waals surface area (Å²) in [5.74, 6) is 0. The minimum absolute atomic E-state index is 0.0107. The van der Waals surface area contributed by atoms with E-state index in [2.05, 4.69) is 4.72 Å². The first-order valence-corrected chi connectivity index (χ1v) is 7.81. The fourth-order valence-electron chi connectivity index (χ4n) is 1.88. The fraction of sp³-hybridized carbons (Fsp3) is 0.286. The number of hydrogen-bond acceptors (Lipinski definition) is 4. The van der Waals surface area contributed by atoms with E-state index in [-0.39, 0.29) is 11.4 Å². The van der Waals surface area contributed by atoms with Crippen LogP contribution in [0.5, 0.6) is 0 Å². The third kappa shape index (κ3) is 3.16. The second kappa shape index (κ2) is 5.88. The average Bonchev–Trinajstić information content (AvgIpc) is 2.44. The zero-order valence-electron chi connectivity index (χ0n) is 11.2. The number of benzene rings is 2. The van der Waals surface area contributed by atoms with E-state index in [0.717, 1.165) is 5.39 Å². The van der Waals surface area contributed by atoms with Crippen molar-refractivity contribution in [3.05, 3.63) is 42.5 Å². The first-order chi connectivity index (χ1) is 9.42. The Hall–Kier alpha value is -1.47. The Kier molecular flexibility index (Phi) is 4.39. The second-order valence-corrected chi connectivity index (χ2v) is 6.47. The average molecular weight is 294 g/mol. The summed E-state index contributed by atoms with van der Waals surface area (Å²) >= 11 is 0. The fourth-order valence-corrected chi connectivity index (χ4v) is 3.18. The van der Waals surface area contributed by atoms with E-state index in [0.29, 0.717) is 5.39 Å². The highest BCUT2D eigenvalue weighted by molar-refractivity contribution is 7.89. The topological polar surface area (TPSA) is 92.4 Å². The molecule has 0 fully saturated rings. The van der Waals surface area contributed by atoms with E-state index >= 15 is 0 Å². The van der Waals surface area contributed by atoms with Gasteiger partial charge in [-0.3, -0.25) is 0 Å². The Morgan fingerprint density at radius 3 is 2.55 bits per heavy atom. The van der Waals surface area contributed by atoms with Crippen molar-refractivity contribution in [2.24, 2.45) is 5.73 Å². The summed E-state index contributed by atoms with van der Waals surface area (Å²) in [6, 6.07) is 11.7. The molecule has 0 aliphatic rings. The molecule has 0 spiro atoms. The highest BCUT2D eigenvalue weighted by Crippen LogP contribution is 2.22. The number of nitrogens with one attached hydrogen (secondary N) is 1. The van der Waals surface area contributed by atoms with Gasteiger partial charge in [0.15, 0.2) is 0 Å². The van der Waals surface area contributed by atoms with Crippen LogP contribution in [0.2, 0.25) is 0 Å². The minimum atomic E-state index is -3.66. The third-order valence-electron chi connectivity index (χ3n) is 3.17. The molecule has 4 N–H and O–H groups in total. The van der Waals surface area contributed by atoms with Crippen LogP contribution in [0, 0.1) is 0 Å². The van der Waals surface area contributed by atoms with Gasteiger partial charge in [0, 0.05) is 18.0 Å². The molecule has 6 heteroatoms. The summed E-state index contributed by atoms with van der Waals surface area (Å²) in [7, 11) is -3.66. The van der Waals surface area contributed by atoms with Crippen molar-refractivity contribution >= 4 is 20.8 Å². The monoisotopic (exact) mass is 294 g/mol. The molecule has 0 heterocycles. The van der Waals surface area contributed by atoms with Crippen LogP contribution in [0.1, 0.15) is 6.92 Å². The van der Waals surface area contributed by atoms with Gasteiger partial charge in [0.25, 0.3) is 0 Å². The number of sulfonamides is 1. The molecule has 2 aromatic rings. The summed E-state index contributed by atoms with van der Waals surface area (Å²) in [5.41, 5.74) is 5.64. The number of fused-ring (bicyclic) bond motifs is 1. The molecule has 0 radical (unpaired) electrons. The molecule has 0 aliphatic heterocycles. The van der Waals surface area contributed by atoms with Crippen molar-refractivity contribution in [2.75, 3.05) is 6.54 Å². The standard InChI is InChI=1S/C14H18N2O3S/c1-10(17)13(15)9-16-20(18,19)14-8-4-6-11-5-2-3-7-12(11)14/h2-8,10,13,16-17H,9,15H2,1H3. The summed E-state index contributed by atoms with van der Waals surface area (Å²) < 4.78 is 27.1. The molecule has 0 aliphatic carbocycles.